The zero-order valence-corrected chi connectivity index (χ0v) is 14.2. The molecular weight excluding hydrogens is 320 g/mol. The molecule has 1 fully saturated rings. The van der Waals surface area contributed by atoms with E-state index in [0.717, 1.165) is 30.9 Å². The number of hydrogen-bond acceptors (Lipinski definition) is 6. The van der Waals surface area contributed by atoms with Crippen LogP contribution in [0, 0.1) is 0 Å². The van der Waals surface area contributed by atoms with Gasteiger partial charge in [-0.05, 0) is 56.2 Å². The van der Waals surface area contributed by atoms with Crippen LogP contribution < -0.4 is 10.1 Å². The van der Waals surface area contributed by atoms with Gasteiger partial charge in [-0.2, -0.15) is 0 Å². The average Bonchev–Trinajstić information content (AvgIpc) is 3.16. The summed E-state index contributed by atoms with van der Waals surface area (Å²) in [5.74, 6) is 0.853. The lowest BCUT2D eigenvalue weighted by Gasteiger charge is -2.13. The van der Waals surface area contributed by atoms with E-state index in [1.165, 1.54) is 0 Å². The fourth-order valence-electron chi connectivity index (χ4n) is 2.63. The Hall–Kier alpha value is -2.60. The van der Waals surface area contributed by atoms with Gasteiger partial charge in [0, 0.05) is 18.5 Å². The van der Waals surface area contributed by atoms with Gasteiger partial charge in [-0.15, -0.1) is 0 Å². The number of ether oxygens (including phenoxy) is 3. The number of carbonyl (C=O) groups excluding carboxylic acids is 1. The van der Waals surface area contributed by atoms with Crippen molar-refractivity contribution in [2.24, 2.45) is 0 Å². The summed E-state index contributed by atoms with van der Waals surface area (Å²) in [6, 6.07) is 10.9. The van der Waals surface area contributed by atoms with E-state index in [4.69, 9.17) is 14.2 Å². The first-order chi connectivity index (χ1) is 12.3. The fourth-order valence-corrected chi connectivity index (χ4v) is 2.63. The highest BCUT2D eigenvalue weighted by atomic mass is 16.6. The van der Waals surface area contributed by atoms with E-state index in [0.29, 0.717) is 18.0 Å². The van der Waals surface area contributed by atoms with Crippen molar-refractivity contribution < 1.29 is 19.0 Å². The first kappa shape index (κ1) is 17.2. The van der Waals surface area contributed by atoms with Crippen LogP contribution >= 0.6 is 0 Å². The lowest BCUT2D eigenvalue weighted by molar-refractivity contribution is 0.0162. The fraction of sp³-hybridized carbons (Fsp3) is 0.368. The van der Waals surface area contributed by atoms with E-state index in [1.54, 1.807) is 18.3 Å². The number of benzene rings is 1. The zero-order chi connectivity index (χ0) is 17.5. The summed E-state index contributed by atoms with van der Waals surface area (Å²) in [6.07, 6.45) is 3.58. The normalized spacial score (nSPS) is 16.4. The summed E-state index contributed by atoms with van der Waals surface area (Å²) >= 11 is 0. The maximum Gasteiger partial charge on any atom is 0.342 e. The molecule has 1 N–H and O–H groups in total. The molecule has 0 aliphatic carbocycles. The molecule has 2 aromatic rings. The van der Waals surface area contributed by atoms with Crippen molar-refractivity contribution in [1.82, 2.24) is 4.98 Å². The van der Waals surface area contributed by atoms with Gasteiger partial charge in [0.05, 0.1) is 12.7 Å². The number of carbonyl (C=O) groups is 1. The van der Waals surface area contributed by atoms with Gasteiger partial charge in [0.1, 0.15) is 23.7 Å². The Bertz CT molecular complexity index is 697. The van der Waals surface area contributed by atoms with Crippen molar-refractivity contribution in [3.05, 3.63) is 48.2 Å². The Balaban J connectivity index is 1.66. The Labute approximate surface area is 147 Å². The summed E-state index contributed by atoms with van der Waals surface area (Å²) < 4.78 is 16.3. The van der Waals surface area contributed by atoms with Gasteiger partial charge >= 0.3 is 5.97 Å². The summed E-state index contributed by atoms with van der Waals surface area (Å²) in [4.78, 5) is 16.6. The minimum Gasteiger partial charge on any atom is -0.494 e. The summed E-state index contributed by atoms with van der Waals surface area (Å²) in [6.45, 7) is 3.57. The number of nitrogens with zero attached hydrogens (tertiary/aromatic N) is 1. The molecule has 1 saturated heterocycles. The maximum atomic E-state index is 12.4. The third-order valence-corrected chi connectivity index (χ3v) is 3.88. The third kappa shape index (κ3) is 4.70. The molecule has 25 heavy (non-hydrogen) atoms. The highest BCUT2D eigenvalue weighted by molar-refractivity contribution is 5.95. The highest BCUT2D eigenvalue weighted by Crippen LogP contribution is 2.22. The molecule has 6 heteroatoms. The minimum absolute atomic E-state index is 0.00291. The molecule has 2 heterocycles. The number of aromatic nitrogens is 1. The van der Waals surface area contributed by atoms with E-state index in [-0.39, 0.29) is 12.7 Å². The molecule has 1 unspecified atom stereocenters. The molecule has 1 aliphatic heterocycles. The second-order valence-electron chi connectivity index (χ2n) is 5.72. The molecule has 1 atom stereocenters. The van der Waals surface area contributed by atoms with Crippen LogP contribution in [0.5, 0.6) is 5.75 Å². The number of rotatable bonds is 7. The topological polar surface area (TPSA) is 69.7 Å². The smallest absolute Gasteiger partial charge is 0.342 e. The Morgan fingerprint density at radius 2 is 2.16 bits per heavy atom. The molecule has 0 radical (unpaired) electrons. The van der Waals surface area contributed by atoms with Crippen LogP contribution in [0.3, 0.4) is 0 Å². The van der Waals surface area contributed by atoms with Crippen LogP contribution in [0.4, 0.5) is 11.5 Å². The van der Waals surface area contributed by atoms with Crippen molar-refractivity contribution in [2.75, 3.05) is 25.1 Å². The predicted octanol–water partition coefficient (Wildman–Crippen LogP) is 3.56. The lowest BCUT2D eigenvalue weighted by atomic mass is 10.2. The van der Waals surface area contributed by atoms with Crippen molar-refractivity contribution in [3.63, 3.8) is 0 Å². The molecular formula is C19H22N2O4. The average molecular weight is 342 g/mol. The van der Waals surface area contributed by atoms with E-state index in [2.05, 4.69) is 10.3 Å². The second-order valence-corrected chi connectivity index (χ2v) is 5.72. The Morgan fingerprint density at radius 3 is 2.88 bits per heavy atom. The van der Waals surface area contributed by atoms with Gasteiger partial charge in [-0.3, -0.25) is 0 Å². The molecule has 0 bridgehead atoms. The Morgan fingerprint density at radius 1 is 1.32 bits per heavy atom. The number of esters is 1. The number of anilines is 2. The molecule has 1 aromatic heterocycles. The van der Waals surface area contributed by atoms with Crippen LogP contribution in [0.25, 0.3) is 0 Å². The van der Waals surface area contributed by atoms with Gasteiger partial charge in [-0.1, -0.05) is 0 Å². The molecule has 0 saturated carbocycles. The van der Waals surface area contributed by atoms with Gasteiger partial charge in [0.2, 0.25) is 0 Å². The van der Waals surface area contributed by atoms with Gasteiger partial charge in [0.15, 0.2) is 0 Å². The van der Waals surface area contributed by atoms with Crippen molar-refractivity contribution in [2.45, 2.75) is 25.9 Å². The van der Waals surface area contributed by atoms with Crippen LogP contribution in [0.1, 0.15) is 30.1 Å². The first-order valence-electron chi connectivity index (χ1n) is 8.50. The van der Waals surface area contributed by atoms with Gasteiger partial charge in [-0.25, -0.2) is 9.78 Å². The zero-order valence-electron chi connectivity index (χ0n) is 14.2. The predicted molar refractivity (Wildman–Crippen MR) is 94.4 cm³/mol. The van der Waals surface area contributed by atoms with E-state index < -0.39 is 5.97 Å². The SMILES string of the molecule is CCOc1ccc(Nc2ncccc2C(=O)OCC2CCCO2)cc1. The van der Waals surface area contributed by atoms with E-state index >= 15 is 0 Å². The monoisotopic (exact) mass is 342 g/mol. The minimum atomic E-state index is -0.406. The van der Waals surface area contributed by atoms with Crippen molar-refractivity contribution >= 4 is 17.5 Å². The van der Waals surface area contributed by atoms with E-state index in [9.17, 15) is 4.79 Å². The summed E-state index contributed by atoms with van der Waals surface area (Å²) in [7, 11) is 0. The van der Waals surface area contributed by atoms with E-state index in [1.807, 2.05) is 31.2 Å². The van der Waals surface area contributed by atoms with Crippen LogP contribution in [0.15, 0.2) is 42.6 Å². The van der Waals surface area contributed by atoms with Gasteiger partial charge < -0.3 is 19.5 Å². The van der Waals surface area contributed by atoms with Crippen LogP contribution in [-0.2, 0) is 9.47 Å². The maximum absolute atomic E-state index is 12.4. The first-order valence-corrected chi connectivity index (χ1v) is 8.50. The molecule has 3 rings (SSSR count). The number of nitrogens with one attached hydrogen (secondary N) is 1. The van der Waals surface area contributed by atoms with Crippen molar-refractivity contribution in [3.8, 4) is 5.75 Å². The van der Waals surface area contributed by atoms with Crippen molar-refractivity contribution in [1.29, 1.82) is 0 Å². The van der Waals surface area contributed by atoms with Crippen LogP contribution in [-0.4, -0.2) is 36.9 Å². The van der Waals surface area contributed by atoms with Gasteiger partial charge in [0.25, 0.3) is 0 Å². The molecule has 132 valence electrons. The Kier molecular flexibility index (Phi) is 5.85. The highest BCUT2D eigenvalue weighted by Gasteiger charge is 2.20. The summed E-state index contributed by atoms with van der Waals surface area (Å²) in [5.41, 5.74) is 1.21. The third-order valence-electron chi connectivity index (χ3n) is 3.88. The standard InChI is InChI=1S/C19H22N2O4/c1-2-23-15-9-7-14(8-10-15)21-18-17(6-3-11-20-18)19(22)25-13-16-5-4-12-24-16/h3,6-11,16H,2,4-5,12-13H2,1H3,(H,20,21). The molecule has 0 spiro atoms. The lowest BCUT2D eigenvalue weighted by Crippen LogP contribution is -2.18. The molecule has 1 aliphatic rings. The van der Waals surface area contributed by atoms with Crippen LogP contribution in [0.2, 0.25) is 0 Å². The quantitative estimate of drug-likeness (QED) is 0.776. The largest absolute Gasteiger partial charge is 0.494 e. The molecule has 1 aromatic carbocycles. The number of hydrogen-bond donors (Lipinski definition) is 1. The number of pyridine rings is 1. The molecule has 6 nitrogen and oxygen atoms in total. The second kappa shape index (κ2) is 8.48. The molecule has 0 amide bonds. The summed E-state index contributed by atoms with van der Waals surface area (Å²) in [5, 5.41) is 3.15.